The Morgan fingerprint density at radius 3 is 1.47 bits per heavy atom. The lowest BCUT2D eigenvalue weighted by atomic mass is 10.0. The Morgan fingerprint density at radius 1 is 0.509 bits per heavy atom. The molecule has 3 rings (SSSR count). The monoisotopic (exact) mass is 775 g/mol. The quantitative estimate of drug-likeness (QED) is 0.0569. The molecule has 0 aliphatic carbocycles. The van der Waals surface area contributed by atoms with Gasteiger partial charge in [-0.15, -0.1) is 0 Å². The van der Waals surface area contributed by atoms with Crippen LogP contribution in [0.15, 0.2) is 115 Å². The van der Waals surface area contributed by atoms with Crippen LogP contribution in [0.25, 0.3) is 0 Å². The average molecular weight is 775 g/mol. The number of allylic oxidation sites excluding steroid dienone is 8. The first-order valence-electron chi connectivity index (χ1n) is 21.8. The van der Waals surface area contributed by atoms with Crippen molar-refractivity contribution in [2.45, 2.75) is 149 Å². The highest BCUT2D eigenvalue weighted by Gasteiger charge is 2.12. The molecular weight excluding hydrogens is 705 g/mol. The van der Waals surface area contributed by atoms with Gasteiger partial charge < -0.3 is 9.47 Å². The number of unbranched alkanes of at least 4 members (excludes halogenated alkanes) is 12. The third-order valence-electron chi connectivity index (χ3n) is 9.73. The Kier molecular flexibility index (Phi) is 24.8. The van der Waals surface area contributed by atoms with Crippen molar-refractivity contribution in [3.05, 3.63) is 132 Å². The van der Waals surface area contributed by atoms with Crippen molar-refractivity contribution >= 4 is 23.6 Å². The Bertz CT molecular complexity index is 1690. The molecular formula is C51H70N2O4. The van der Waals surface area contributed by atoms with E-state index < -0.39 is 12.2 Å². The van der Waals surface area contributed by atoms with Crippen LogP contribution in [0.2, 0.25) is 0 Å². The first-order valence-corrected chi connectivity index (χ1v) is 21.8. The number of nitrogens with one attached hydrogen (secondary N) is 2. The number of benzene rings is 3. The molecule has 0 radical (unpaired) electrons. The maximum absolute atomic E-state index is 12.9. The van der Waals surface area contributed by atoms with Gasteiger partial charge in [0.2, 0.25) is 0 Å². The number of carbonyl (C=O) groups is 2. The van der Waals surface area contributed by atoms with Crippen molar-refractivity contribution in [2.75, 3.05) is 10.6 Å². The van der Waals surface area contributed by atoms with Crippen LogP contribution < -0.4 is 20.1 Å². The summed E-state index contributed by atoms with van der Waals surface area (Å²) in [5.41, 5.74) is 4.20. The van der Waals surface area contributed by atoms with E-state index in [0.29, 0.717) is 22.9 Å². The maximum Gasteiger partial charge on any atom is 0.417 e. The Morgan fingerprint density at radius 2 is 0.965 bits per heavy atom. The number of hydrogen-bond donors (Lipinski definition) is 2. The van der Waals surface area contributed by atoms with E-state index in [2.05, 4.69) is 85.2 Å². The minimum atomic E-state index is -0.592. The molecule has 3 aromatic rings. The number of rotatable bonds is 28. The molecule has 0 aliphatic heterocycles. The summed E-state index contributed by atoms with van der Waals surface area (Å²) in [6, 6.07) is 20.8. The molecule has 2 amide bonds. The molecule has 6 heteroatoms. The molecule has 0 fully saturated rings. The van der Waals surface area contributed by atoms with Gasteiger partial charge in [-0.2, -0.15) is 0 Å². The zero-order valence-electron chi connectivity index (χ0n) is 35.2. The minimum absolute atomic E-state index is 0.502. The van der Waals surface area contributed by atoms with Crippen molar-refractivity contribution < 1.29 is 19.1 Å². The molecule has 308 valence electrons. The summed E-state index contributed by atoms with van der Waals surface area (Å²) >= 11 is 0. The van der Waals surface area contributed by atoms with E-state index in [-0.39, 0.29) is 0 Å². The molecule has 0 atom stereocenters. The fourth-order valence-electron chi connectivity index (χ4n) is 6.45. The Hall–Kier alpha value is -4.84. The fraction of sp³-hybridized carbons (Fsp3) is 0.451. The van der Waals surface area contributed by atoms with Crippen molar-refractivity contribution in [1.29, 1.82) is 0 Å². The van der Waals surface area contributed by atoms with Gasteiger partial charge in [-0.25, -0.2) is 9.59 Å². The predicted molar refractivity (Wildman–Crippen MR) is 242 cm³/mol. The van der Waals surface area contributed by atoms with Crippen LogP contribution >= 0.6 is 0 Å². The number of amides is 2. The second-order valence-electron chi connectivity index (χ2n) is 14.9. The summed E-state index contributed by atoms with van der Waals surface area (Å²) in [5.74, 6) is 1.01. The molecule has 3 aromatic carbocycles. The first kappa shape index (κ1) is 46.5. The van der Waals surface area contributed by atoms with Gasteiger partial charge in [0.15, 0.2) is 0 Å². The van der Waals surface area contributed by atoms with Crippen molar-refractivity contribution in [3.63, 3.8) is 0 Å². The SMILES string of the molecule is CCC/C=C/C/C=C/CCCCCCCc1cccc(OC(=O)Nc2ccc(C)c(NC(=O)Oc3cccc(CCCCCCC/C=C/C/C=C/CCC)c3)c2)c1. The molecule has 0 heterocycles. The van der Waals surface area contributed by atoms with Crippen LogP contribution in [0, 0.1) is 6.92 Å². The zero-order chi connectivity index (χ0) is 40.6. The van der Waals surface area contributed by atoms with Gasteiger partial charge in [-0.05, 0) is 137 Å². The van der Waals surface area contributed by atoms with Crippen LogP contribution in [0.4, 0.5) is 21.0 Å². The van der Waals surface area contributed by atoms with E-state index in [1.54, 1.807) is 24.3 Å². The second kappa shape index (κ2) is 30.3. The third-order valence-corrected chi connectivity index (χ3v) is 9.73. The lowest BCUT2D eigenvalue weighted by Gasteiger charge is -2.13. The summed E-state index contributed by atoms with van der Waals surface area (Å²) in [7, 11) is 0. The largest absolute Gasteiger partial charge is 0.417 e. The van der Waals surface area contributed by atoms with Crippen LogP contribution in [0.3, 0.4) is 0 Å². The van der Waals surface area contributed by atoms with Crippen LogP contribution in [-0.2, 0) is 12.8 Å². The fourth-order valence-corrected chi connectivity index (χ4v) is 6.45. The topological polar surface area (TPSA) is 76.7 Å². The normalized spacial score (nSPS) is 11.6. The molecule has 0 spiro atoms. The van der Waals surface area contributed by atoms with Gasteiger partial charge in [-0.1, -0.05) is 144 Å². The maximum atomic E-state index is 12.9. The van der Waals surface area contributed by atoms with E-state index in [4.69, 9.17) is 9.47 Å². The van der Waals surface area contributed by atoms with Gasteiger partial charge >= 0.3 is 12.2 Å². The van der Waals surface area contributed by atoms with Gasteiger partial charge in [0.1, 0.15) is 11.5 Å². The lowest BCUT2D eigenvalue weighted by molar-refractivity contribution is 0.214. The highest BCUT2D eigenvalue weighted by molar-refractivity contribution is 5.91. The smallest absolute Gasteiger partial charge is 0.410 e. The molecule has 57 heavy (non-hydrogen) atoms. The number of anilines is 2. The molecule has 0 bridgehead atoms. The summed E-state index contributed by atoms with van der Waals surface area (Å²) in [4.78, 5) is 25.7. The third kappa shape index (κ3) is 22.5. The molecule has 0 aliphatic rings. The summed E-state index contributed by atoms with van der Waals surface area (Å²) in [6.45, 7) is 6.30. The molecule has 2 N–H and O–H groups in total. The van der Waals surface area contributed by atoms with E-state index >= 15 is 0 Å². The van der Waals surface area contributed by atoms with Crippen LogP contribution in [-0.4, -0.2) is 12.2 Å². The number of aryl methyl sites for hydroxylation is 3. The van der Waals surface area contributed by atoms with E-state index in [9.17, 15) is 9.59 Å². The predicted octanol–water partition coefficient (Wildman–Crippen LogP) is 15.6. The van der Waals surface area contributed by atoms with Crippen molar-refractivity contribution in [3.8, 4) is 11.5 Å². The highest BCUT2D eigenvalue weighted by Crippen LogP contribution is 2.23. The standard InChI is InChI=1S/C51H70N2O4/c1-4-6-8-10-12-14-16-18-20-22-24-26-28-32-44-34-30-36-47(40-44)56-50(54)52-46-39-38-43(3)49(42-46)53-51(55)57-48-37-31-35-45(41-48)33-29-27-25-23-21-19-17-15-13-11-9-7-5-2/h8-11,14-17,30-31,34-42H,4-7,12-13,18-29,32-33H2,1-3H3,(H,52,54)(H,53,55)/b10-8+,11-9+,16-14+,17-15+. The van der Waals surface area contributed by atoms with E-state index in [1.807, 2.05) is 37.3 Å². The number of ether oxygens (including phenoxy) is 2. The summed E-state index contributed by atoms with van der Waals surface area (Å²) in [6.07, 6.45) is 40.1. The van der Waals surface area contributed by atoms with Crippen molar-refractivity contribution in [2.24, 2.45) is 0 Å². The van der Waals surface area contributed by atoms with Gasteiger partial charge in [-0.3, -0.25) is 10.6 Å². The molecule has 0 aromatic heterocycles. The van der Waals surface area contributed by atoms with Gasteiger partial charge in [0.05, 0.1) is 0 Å². The molecule has 0 saturated heterocycles. The molecule has 0 saturated carbocycles. The molecule has 0 unspecified atom stereocenters. The Labute approximate surface area is 344 Å². The first-order chi connectivity index (χ1) is 28.0. The highest BCUT2D eigenvalue weighted by atomic mass is 16.6. The number of hydrogen-bond acceptors (Lipinski definition) is 4. The van der Waals surface area contributed by atoms with Gasteiger partial charge in [0, 0.05) is 11.4 Å². The van der Waals surface area contributed by atoms with Crippen LogP contribution in [0.5, 0.6) is 11.5 Å². The van der Waals surface area contributed by atoms with E-state index in [0.717, 1.165) is 68.1 Å². The van der Waals surface area contributed by atoms with Gasteiger partial charge in [0.25, 0.3) is 0 Å². The lowest BCUT2D eigenvalue weighted by Crippen LogP contribution is -2.19. The van der Waals surface area contributed by atoms with Crippen LogP contribution in [0.1, 0.15) is 146 Å². The second-order valence-corrected chi connectivity index (χ2v) is 14.9. The van der Waals surface area contributed by atoms with Crippen molar-refractivity contribution in [1.82, 2.24) is 0 Å². The average Bonchev–Trinajstić information content (AvgIpc) is 3.20. The number of carbonyl (C=O) groups excluding carboxylic acids is 2. The summed E-state index contributed by atoms with van der Waals surface area (Å²) in [5, 5.41) is 5.62. The Balaban J connectivity index is 1.33. The zero-order valence-corrected chi connectivity index (χ0v) is 35.2. The molecule has 6 nitrogen and oxygen atoms in total. The van der Waals surface area contributed by atoms with E-state index in [1.165, 1.54) is 77.0 Å². The minimum Gasteiger partial charge on any atom is -0.410 e. The summed E-state index contributed by atoms with van der Waals surface area (Å²) < 4.78 is 11.3.